The van der Waals surface area contributed by atoms with E-state index in [1.165, 1.54) is 23.5 Å². The van der Waals surface area contributed by atoms with Gasteiger partial charge in [-0.2, -0.15) is 0 Å². The third-order valence-corrected chi connectivity index (χ3v) is 4.50. The van der Waals surface area contributed by atoms with Crippen molar-refractivity contribution in [2.45, 2.75) is 24.2 Å². The fourth-order valence-corrected chi connectivity index (χ4v) is 3.79. The topological polar surface area (TPSA) is 77.2 Å². The largest absolute Gasteiger partial charge is 0.295 e. The van der Waals surface area contributed by atoms with Crippen LogP contribution >= 0.6 is 11.3 Å². The molecule has 0 amide bonds. The summed E-state index contributed by atoms with van der Waals surface area (Å²) in [5.41, 5.74) is 0.787. The van der Waals surface area contributed by atoms with Crippen molar-refractivity contribution in [3.05, 3.63) is 22.4 Å². The van der Waals surface area contributed by atoms with Crippen molar-refractivity contribution in [3.8, 4) is 0 Å². The minimum Gasteiger partial charge on any atom is -0.295 e. The smallest absolute Gasteiger partial charge is 0.239 e. The lowest BCUT2D eigenvalue weighted by molar-refractivity contribution is -0.114. The number of thiophene rings is 1. The Morgan fingerprint density at radius 1 is 1.31 bits per heavy atom. The molecule has 0 saturated carbocycles. The van der Waals surface area contributed by atoms with Crippen LogP contribution in [0.1, 0.15) is 24.1 Å². The number of ketones is 1. The van der Waals surface area contributed by atoms with E-state index in [9.17, 15) is 13.2 Å². The van der Waals surface area contributed by atoms with Gasteiger partial charge in [0, 0.05) is 6.42 Å². The van der Waals surface area contributed by atoms with Gasteiger partial charge in [0.1, 0.15) is 4.90 Å². The Morgan fingerprint density at radius 3 is 2.69 bits per heavy atom. The molecular weight excluding hydrogens is 246 g/mol. The summed E-state index contributed by atoms with van der Waals surface area (Å²) >= 11 is 1.31. The van der Waals surface area contributed by atoms with E-state index in [1.54, 1.807) is 5.38 Å². The summed E-state index contributed by atoms with van der Waals surface area (Å²) in [6.07, 6.45) is 3.57. The molecule has 16 heavy (non-hydrogen) atoms. The van der Waals surface area contributed by atoms with Gasteiger partial charge >= 0.3 is 0 Å². The van der Waals surface area contributed by atoms with Gasteiger partial charge in [-0.1, -0.05) is 0 Å². The molecule has 0 unspecified atom stereocenters. The van der Waals surface area contributed by atoms with E-state index in [-0.39, 0.29) is 10.7 Å². The maximum Gasteiger partial charge on any atom is 0.239 e. The summed E-state index contributed by atoms with van der Waals surface area (Å²) in [7, 11) is -3.70. The van der Waals surface area contributed by atoms with Crippen LogP contribution in [0.3, 0.4) is 0 Å². The van der Waals surface area contributed by atoms with Gasteiger partial charge in [-0.3, -0.25) is 4.79 Å². The van der Waals surface area contributed by atoms with E-state index >= 15 is 0 Å². The number of hydrogen-bond acceptors (Lipinski definition) is 4. The molecule has 0 aromatic carbocycles. The molecule has 0 aliphatic heterocycles. The Balaban J connectivity index is 2.50. The maximum absolute atomic E-state index is 11.3. The van der Waals surface area contributed by atoms with Crippen LogP contribution in [0.4, 0.5) is 0 Å². The van der Waals surface area contributed by atoms with Gasteiger partial charge in [0.05, 0.1) is 4.88 Å². The number of sulfonamides is 1. The second kappa shape index (κ2) is 4.12. The average molecular weight is 257 g/mol. The maximum atomic E-state index is 11.3. The van der Waals surface area contributed by atoms with E-state index in [2.05, 4.69) is 0 Å². The minimum absolute atomic E-state index is 0.0509. The predicted octanol–water partition coefficient (Wildman–Crippen LogP) is 1.53. The number of primary sulfonamides is 1. The van der Waals surface area contributed by atoms with Gasteiger partial charge in [-0.05, 0) is 35.9 Å². The van der Waals surface area contributed by atoms with Gasteiger partial charge in [0.25, 0.3) is 0 Å². The molecule has 0 radical (unpaired) electrons. The summed E-state index contributed by atoms with van der Waals surface area (Å²) in [6.45, 7) is 0. The molecule has 1 aromatic heterocycles. The molecule has 2 rings (SSSR count). The summed E-state index contributed by atoms with van der Waals surface area (Å²) in [5, 5.41) is 6.79. The Hall–Kier alpha value is -0.980. The highest BCUT2D eigenvalue weighted by molar-refractivity contribution is 7.89. The average Bonchev–Trinajstić information content (AvgIpc) is 2.65. The van der Waals surface area contributed by atoms with Crippen LogP contribution in [0.15, 0.2) is 22.4 Å². The number of nitrogens with two attached hydrogens (primary N) is 1. The minimum atomic E-state index is -3.70. The van der Waals surface area contributed by atoms with Gasteiger partial charge in [-0.25, -0.2) is 13.6 Å². The Morgan fingerprint density at radius 2 is 2.06 bits per heavy atom. The number of rotatable bonds is 2. The van der Waals surface area contributed by atoms with Crippen molar-refractivity contribution in [1.29, 1.82) is 0 Å². The molecule has 4 nitrogen and oxygen atoms in total. The van der Waals surface area contributed by atoms with Crippen molar-refractivity contribution < 1.29 is 13.2 Å². The first kappa shape index (κ1) is 11.5. The van der Waals surface area contributed by atoms with E-state index in [0.717, 1.165) is 18.4 Å². The van der Waals surface area contributed by atoms with Gasteiger partial charge in [0.15, 0.2) is 5.78 Å². The Bertz CT molecular complexity index is 554. The molecule has 0 bridgehead atoms. The third kappa shape index (κ3) is 2.23. The van der Waals surface area contributed by atoms with Crippen LogP contribution in [0.25, 0.3) is 5.57 Å². The molecule has 6 heteroatoms. The van der Waals surface area contributed by atoms with Gasteiger partial charge in [0.2, 0.25) is 10.0 Å². The lowest BCUT2D eigenvalue weighted by Crippen LogP contribution is -2.13. The second-order valence-corrected chi connectivity index (χ2v) is 6.09. The van der Waals surface area contributed by atoms with Crippen LogP contribution in [0.5, 0.6) is 0 Å². The molecule has 0 saturated heterocycles. The van der Waals surface area contributed by atoms with Gasteiger partial charge < -0.3 is 0 Å². The van der Waals surface area contributed by atoms with E-state index in [4.69, 9.17) is 5.14 Å². The van der Waals surface area contributed by atoms with Crippen LogP contribution in [-0.4, -0.2) is 14.2 Å². The zero-order chi connectivity index (χ0) is 11.8. The van der Waals surface area contributed by atoms with Crippen LogP contribution < -0.4 is 5.14 Å². The molecule has 1 aliphatic rings. The quantitative estimate of drug-likeness (QED) is 0.872. The van der Waals surface area contributed by atoms with E-state index in [1.807, 2.05) is 0 Å². The van der Waals surface area contributed by atoms with Crippen LogP contribution in [0, 0.1) is 0 Å². The molecule has 1 heterocycles. The van der Waals surface area contributed by atoms with Crippen LogP contribution in [-0.2, 0) is 14.8 Å². The first-order valence-corrected chi connectivity index (χ1v) is 7.25. The SMILES string of the molecule is NS(=O)(=O)c1ccsc1C1=CC(=O)CCC1. The molecule has 2 N–H and O–H groups in total. The standard InChI is InChI=1S/C10H11NO3S2/c11-16(13,14)9-4-5-15-10(9)7-2-1-3-8(12)6-7/h4-6H,1-3H2,(H2,11,13,14). The fraction of sp³-hybridized carbons (Fsp3) is 0.300. The monoisotopic (exact) mass is 257 g/mol. The normalized spacial score (nSPS) is 17.3. The molecule has 1 aromatic rings. The number of allylic oxidation sites excluding steroid dienone is 2. The highest BCUT2D eigenvalue weighted by atomic mass is 32.2. The number of carbonyl (C=O) groups is 1. The Labute approximate surface area is 97.8 Å². The van der Waals surface area contributed by atoms with Crippen molar-refractivity contribution in [3.63, 3.8) is 0 Å². The second-order valence-electron chi connectivity index (χ2n) is 3.65. The molecule has 0 spiro atoms. The first-order chi connectivity index (χ1) is 7.48. The van der Waals surface area contributed by atoms with Crippen LogP contribution in [0.2, 0.25) is 0 Å². The van der Waals surface area contributed by atoms with Crippen molar-refractivity contribution in [2.24, 2.45) is 5.14 Å². The highest BCUT2D eigenvalue weighted by Crippen LogP contribution is 2.33. The zero-order valence-electron chi connectivity index (χ0n) is 8.47. The number of carbonyl (C=O) groups excluding carboxylic acids is 1. The molecular formula is C10H11NO3S2. The predicted molar refractivity (Wildman–Crippen MR) is 62.5 cm³/mol. The lowest BCUT2D eigenvalue weighted by atomic mass is 9.98. The van der Waals surface area contributed by atoms with E-state index < -0.39 is 10.0 Å². The number of hydrogen-bond donors (Lipinski definition) is 1. The molecule has 86 valence electrons. The summed E-state index contributed by atoms with van der Waals surface area (Å²) in [6, 6.07) is 1.48. The van der Waals surface area contributed by atoms with E-state index in [0.29, 0.717) is 11.3 Å². The molecule has 0 fully saturated rings. The third-order valence-electron chi connectivity index (χ3n) is 2.43. The summed E-state index contributed by atoms with van der Waals surface area (Å²) < 4.78 is 22.6. The van der Waals surface area contributed by atoms with Crippen molar-refractivity contribution in [2.75, 3.05) is 0 Å². The lowest BCUT2D eigenvalue weighted by Gasteiger charge is -2.11. The first-order valence-electron chi connectivity index (χ1n) is 4.82. The van der Waals surface area contributed by atoms with Crippen molar-refractivity contribution >= 4 is 32.7 Å². The van der Waals surface area contributed by atoms with Crippen molar-refractivity contribution in [1.82, 2.24) is 0 Å². The van der Waals surface area contributed by atoms with Gasteiger partial charge in [-0.15, -0.1) is 11.3 Å². The molecule has 0 atom stereocenters. The Kier molecular flexibility index (Phi) is 2.96. The summed E-state index contributed by atoms with van der Waals surface area (Å²) in [4.78, 5) is 12.0. The molecule has 1 aliphatic carbocycles. The zero-order valence-corrected chi connectivity index (χ0v) is 10.1. The summed E-state index contributed by atoms with van der Waals surface area (Å²) in [5.74, 6) is 0.0509. The fourth-order valence-electron chi connectivity index (χ4n) is 1.73. The highest BCUT2D eigenvalue weighted by Gasteiger charge is 2.20.